The molecule has 0 bridgehead atoms. The van der Waals surface area contributed by atoms with Crippen LogP contribution in [0.5, 0.6) is 0 Å². The average Bonchev–Trinajstić information content (AvgIpc) is 2.25. The molecule has 1 aromatic carbocycles. The average molecular weight is 282 g/mol. The van der Waals surface area contributed by atoms with Crippen LogP contribution < -0.4 is 0 Å². The second-order valence-electron chi connectivity index (χ2n) is 4.94. The van der Waals surface area contributed by atoms with Gasteiger partial charge in [-0.05, 0) is 29.9 Å². The summed E-state index contributed by atoms with van der Waals surface area (Å²) in [7, 11) is 0. The van der Waals surface area contributed by atoms with Crippen LogP contribution in [0.2, 0.25) is 0 Å². The molecule has 1 heterocycles. The third-order valence-electron chi connectivity index (χ3n) is 3.97. The summed E-state index contributed by atoms with van der Waals surface area (Å²) in [5.41, 5.74) is 2.02. The molecule has 0 radical (unpaired) electrons. The number of hydrogen-bond acceptors (Lipinski definition) is 1. The first-order valence-electron chi connectivity index (χ1n) is 6.15. The molecular weight excluding hydrogens is 262 g/mol. The van der Waals surface area contributed by atoms with Gasteiger partial charge in [-0.25, -0.2) is 0 Å². The van der Waals surface area contributed by atoms with E-state index >= 15 is 0 Å². The van der Waals surface area contributed by atoms with Crippen LogP contribution in [0, 0.1) is 5.41 Å². The molecule has 0 aromatic heterocycles. The van der Waals surface area contributed by atoms with Gasteiger partial charge in [-0.1, -0.05) is 48.0 Å². The van der Waals surface area contributed by atoms with Crippen molar-refractivity contribution in [1.29, 1.82) is 0 Å². The second kappa shape index (κ2) is 4.89. The fourth-order valence-corrected chi connectivity index (χ4v) is 2.99. The van der Waals surface area contributed by atoms with Gasteiger partial charge in [0.15, 0.2) is 0 Å². The zero-order valence-corrected chi connectivity index (χ0v) is 11.8. The molecule has 0 atom stereocenters. The number of rotatable bonds is 4. The van der Waals surface area contributed by atoms with Crippen molar-refractivity contribution in [3.05, 3.63) is 34.3 Å². The number of benzene rings is 1. The van der Waals surface area contributed by atoms with Crippen molar-refractivity contribution in [1.82, 2.24) is 4.90 Å². The summed E-state index contributed by atoms with van der Waals surface area (Å²) in [5.74, 6) is 0. The highest BCUT2D eigenvalue weighted by Gasteiger charge is 2.39. The highest BCUT2D eigenvalue weighted by atomic mass is 79.9. The van der Waals surface area contributed by atoms with Gasteiger partial charge in [-0.15, -0.1) is 0 Å². The molecular formula is C14H20BrN. The SMILES string of the molecule is CCC1(CC)CN(Cc2ccccc2Br)C1. The highest BCUT2D eigenvalue weighted by molar-refractivity contribution is 9.10. The fourth-order valence-electron chi connectivity index (χ4n) is 2.58. The molecule has 1 aliphatic rings. The van der Waals surface area contributed by atoms with Gasteiger partial charge in [0.1, 0.15) is 0 Å². The van der Waals surface area contributed by atoms with E-state index < -0.39 is 0 Å². The number of hydrogen-bond donors (Lipinski definition) is 0. The lowest BCUT2D eigenvalue weighted by molar-refractivity contribution is -0.0121. The van der Waals surface area contributed by atoms with Crippen molar-refractivity contribution in [3.8, 4) is 0 Å². The molecule has 1 aliphatic heterocycles. The molecule has 0 unspecified atom stereocenters. The zero-order chi connectivity index (χ0) is 11.6. The van der Waals surface area contributed by atoms with Crippen LogP contribution in [-0.2, 0) is 6.54 Å². The lowest BCUT2D eigenvalue weighted by atomic mass is 9.75. The highest BCUT2D eigenvalue weighted by Crippen LogP contribution is 2.38. The van der Waals surface area contributed by atoms with Crippen molar-refractivity contribution in [2.45, 2.75) is 33.2 Å². The third kappa shape index (κ3) is 2.33. The Bertz CT molecular complexity index is 350. The van der Waals surface area contributed by atoms with Crippen molar-refractivity contribution in [2.24, 2.45) is 5.41 Å². The number of nitrogens with zero attached hydrogens (tertiary/aromatic N) is 1. The zero-order valence-electron chi connectivity index (χ0n) is 10.2. The van der Waals surface area contributed by atoms with Crippen molar-refractivity contribution < 1.29 is 0 Å². The fraction of sp³-hybridized carbons (Fsp3) is 0.571. The molecule has 2 heteroatoms. The quantitative estimate of drug-likeness (QED) is 0.804. The molecule has 1 fully saturated rings. The van der Waals surface area contributed by atoms with E-state index in [1.54, 1.807) is 0 Å². The predicted octanol–water partition coefficient (Wildman–Crippen LogP) is 4.07. The van der Waals surface area contributed by atoms with Crippen LogP contribution in [0.25, 0.3) is 0 Å². The van der Waals surface area contributed by atoms with Crippen LogP contribution in [0.4, 0.5) is 0 Å². The monoisotopic (exact) mass is 281 g/mol. The van der Waals surface area contributed by atoms with Crippen LogP contribution in [-0.4, -0.2) is 18.0 Å². The summed E-state index contributed by atoms with van der Waals surface area (Å²) in [5, 5.41) is 0. The Morgan fingerprint density at radius 2 is 1.81 bits per heavy atom. The predicted molar refractivity (Wildman–Crippen MR) is 72.4 cm³/mol. The van der Waals surface area contributed by atoms with Crippen LogP contribution in [0.1, 0.15) is 32.3 Å². The van der Waals surface area contributed by atoms with Gasteiger partial charge in [-0.3, -0.25) is 4.90 Å². The number of likely N-dealkylation sites (tertiary alicyclic amines) is 1. The van der Waals surface area contributed by atoms with Gasteiger partial charge in [0.05, 0.1) is 0 Å². The summed E-state index contributed by atoms with van der Waals surface area (Å²) < 4.78 is 1.24. The standard InChI is InChI=1S/C14H20BrN/c1-3-14(4-2)10-16(11-14)9-12-7-5-6-8-13(12)15/h5-8H,3-4,9-11H2,1-2H3. The minimum Gasteiger partial charge on any atom is -0.298 e. The molecule has 0 N–H and O–H groups in total. The lowest BCUT2D eigenvalue weighted by Crippen LogP contribution is -2.54. The molecule has 0 amide bonds. The van der Waals surface area contributed by atoms with Gasteiger partial charge >= 0.3 is 0 Å². The van der Waals surface area contributed by atoms with E-state index in [0.29, 0.717) is 5.41 Å². The summed E-state index contributed by atoms with van der Waals surface area (Å²) >= 11 is 3.61. The first-order valence-corrected chi connectivity index (χ1v) is 6.94. The van der Waals surface area contributed by atoms with Gasteiger partial charge in [0.2, 0.25) is 0 Å². The minimum absolute atomic E-state index is 0.612. The summed E-state index contributed by atoms with van der Waals surface area (Å²) in [4.78, 5) is 2.55. The van der Waals surface area contributed by atoms with E-state index in [1.807, 2.05) is 0 Å². The molecule has 0 spiro atoms. The topological polar surface area (TPSA) is 3.24 Å². The first-order chi connectivity index (χ1) is 7.69. The van der Waals surface area contributed by atoms with Gasteiger partial charge in [0, 0.05) is 24.1 Å². The first kappa shape index (κ1) is 12.1. The second-order valence-corrected chi connectivity index (χ2v) is 5.80. The van der Waals surface area contributed by atoms with E-state index in [1.165, 1.54) is 36.0 Å². The number of halogens is 1. The summed E-state index contributed by atoms with van der Waals surface area (Å²) in [6, 6.07) is 8.53. The minimum atomic E-state index is 0.612. The maximum atomic E-state index is 3.61. The normalized spacial score (nSPS) is 19.4. The Morgan fingerprint density at radius 3 is 2.38 bits per heavy atom. The largest absolute Gasteiger partial charge is 0.298 e. The third-order valence-corrected chi connectivity index (χ3v) is 4.74. The Labute approximate surface area is 107 Å². The van der Waals surface area contributed by atoms with Crippen molar-refractivity contribution in [2.75, 3.05) is 13.1 Å². The molecule has 1 aromatic rings. The van der Waals surface area contributed by atoms with E-state index in [9.17, 15) is 0 Å². The Hall–Kier alpha value is -0.340. The van der Waals surface area contributed by atoms with E-state index in [4.69, 9.17) is 0 Å². The summed E-state index contributed by atoms with van der Waals surface area (Å²) in [6.45, 7) is 8.25. The smallest absolute Gasteiger partial charge is 0.0245 e. The molecule has 88 valence electrons. The maximum Gasteiger partial charge on any atom is 0.0245 e. The Morgan fingerprint density at radius 1 is 1.19 bits per heavy atom. The van der Waals surface area contributed by atoms with Crippen LogP contribution >= 0.6 is 15.9 Å². The van der Waals surface area contributed by atoms with E-state index in [-0.39, 0.29) is 0 Å². The molecule has 16 heavy (non-hydrogen) atoms. The molecule has 0 saturated carbocycles. The van der Waals surface area contributed by atoms with E-state index in [0.717, 1.165) is 6.54 Å². The van der Waals surface area contributed by atoms with Gasteiger partial charge in [0.25, 0.3) is 0 Å². The molecule has 0 aliphatic carbocycles. The Balaban J connectivity index is 1.93. The van der Waals surface area contributed by atoms with E-state index in [2.05, 4.69) is 58.9 Å². The lowest BCUT2D eigenvalue weighted by Gasteiger charge is -2.50. The Kier molecular flexibility index (Phi) is 3.70. The molecule has 1 nitrogen and oxygen atoms in total. The van der Waals surface area contributed by atoms with Gasteiger partial charge in [-0.2, -0.15) is 0 Å². The molecule has 2 rings (SSSR count). The summed E-state index contributed by atoms with van der Waals surface area (Å²) in [6.07, 6.45) is 2.63. The van der Waals surface area contributed by atoms with Crippen LogP contribution in [0.15, 0.2) is 28.7 Å². The van der Waals surface area contributed by atoms with Crippen molar-refractivity contribution >= 4 is 15.9 Å². The molecule has 1 saturated heterocycles. The maximum absolute atomic E-state index is 3.61. The van der Waals surface area contributed by atoms with Crippen molar-refractivity contribution in [3.63, 3.8) is 0 Å². The van der Waals surface area contributed by atoms with Gasteiger partial charge < -0.3 is 0 Å². The van der Waals surface area contributed by atoms with Crippen LogP contribution in [0.3, 0.4) is 0 Å².